The predicted octanol–water partition coefficient (Wildman–Crippen LogP) is 3.30. The fourth-order valence-electron chi connectivity index (χ4n) is 2.94. The van der Waals surface area contributed by atoms with Crippen LogP contribution in [-0.2, 0) is 29.5 Å². The van der Waals surface area contributed by atoms with Crippen molar-refractivity contribution in [1.29, 1.82) is 0 Å². The van der Waals surface area contributed by atoms with Gasteiger partial charge >= 0.3 is 0 Å². The van der Waals surface area contributed by atoms with Gasteiger partial charge in [0.1, 0.15) is 11.6 Å². The van der Waals surface area contributed by atoms with E-state index in [1.807, 2.05) is 37.3 Å². The highest BCUT2D eigenvalue weighted by molar-refractivity contribution is 7.99. The van der Waals surface area contributed by atoms with Crippen molar-refractivity contribution < 1.29 is 14.3 Å². The molecule has 0 fully saturated rings. The lowest BCUT2D eigenvalue weighted by Crippen LogP contribution is -2.18. The summed E-state index contributed by atoms with van der Waals surface area (Å²) in [5.41, 5.74) is 2.54. The second kappa shape index (κ2) is 10.6. The zero-order valence-electron chi connectivity index (χ0n) is 17.7. The average Bonchev–Trinajstić information content (AvgIpc) is 3.11. The average molecular weight is 440 g/mol. The van der Waals surface area contributed by atoms with Crippen molar-refractivity contribution in [3.05, 3.63) is 59.9 Å². The van der Waals surface area contributed by atoms with Crippen LogP contribution in [0.3, 0.4) is 0 Å². The largest absolute Gasteiger partial charge is 0.497 e. The number of aryl methyl sites for hydroxylation is 1. The lowest BCUT2D eigenvalue weighted by molar-refractivity contribution is -0.116. The number of para-hydroxylation sites is 1. The third kappa shape index (κ3) is 6.08. The molecule has 31 heavy (non-hydrogen) atoms. The van der Waals surface area contributed by atoms with Gasteiger partial charge in [-0.15, -0.1) is 10.2 Å². The molecule has 2 amide bonds. The van der Waals surface area contributed by atoms with E-state index in [0.717, 1.165) is 17.7 Å². The number of amides is 2. The summed E-state index contributed by atoms with van der Waals surface area (Å²) in [5, 5.41) is 14.5. The maximum Gasteiger partial charge on any atom is 0.234 e. The summed E-state index contributed by atoms with van der Waals surface area (Å²) < 4.78 is 6.89. The van der Waals surface area contributed by atoms with Crippen molar-refractivity contribution in [2.75, 3.05) is 23.5 Å². The zero-order valence-corrected chi connectivity index (χ0v) is 18.5. The minimum absolute atomic E-state index is 0.0954. The highest BCUT2D eigenvalue weighted by Gasteiger charge is 2.15. The van der Waals surface area contributed by atoms with Gasteiger partial charge in [-0.1, -0.05) is 43.0 Å². The number of thioether (sulfide) groups is 1. The summed E-state index contributed by atoms with van der Waals surface area (Å²) in [5.74, 6) is 1.03. The molecule has 0 spiro atoms. The molecule has 3 aromatic rings. The molecular formula is C22H25N5O3S. The van der Waals surface area contributed by atoms with Crippen LogP contribution < -0.4 is 15.4 Å². The minimum Gasteiger partial charge on any atom is -0.497 e. The Bertz CT molecular complexity index is 1070. The van der Waals surface area contributed by atoms with Crippen LogP contribution in [0, 0.1) is 0 Å². The van der Waals surface area contributed by atoms with Gasteiger partial charge in [-0.05, 0) is 30.2 Å². The van der Waals surface area contributed by atoms with E-state index >= 15 is 0 Å². The summed E-state index contributed by atoms with van der Waals surface area (Å²) in [6.45, 7) is 2.04. The van der Waals surface area contributed by atoms with Crippen LogP contribution in [0.15, 0.2) is 53.7 Å². The Labute approximate surface area is 185 Å². The molecule has 9 heteroatoms. The van der Waals surface area contributed by atoms with Crippen LogP contribution in [0.2, 0.25) is 0 Å². The van der Waals surface area contributed by atoms with Gasteiger partial charge in [-0.2, -0.15) is 0 Å². The first-order chi connectivity index (χ1) is 15.0. The van der Waals surface area contributed by atoms with Crippen molar-refractivity contribution in [1.82, 2.24) is 14.8 Å². The molecular weight excluding hydrogens is 414 g/mol. The van der Waals surface area contributed by atoms with Gasteiger partial charge < -0.3 is 19.9 Å². The summed E-state index contributed by atoms with van der Waals surface area (Å²) in [7, 11) is 3.36. The summed E-state index contributed by atoms with van der Waals surface area (Å²) in [6, 6.07) is 14.9. The number of hydrogen-bond donors (Lipinski definition) is 2. The van der Waals surface area contributed by atoms with Gasteiger partial charge in [0.2, 0.25) is 11.8 Å². The lowest BCUT2D eigenvalue weighted by Gasteiger charge is -2.09. The molecule has 2 N–H and O–H groups in total. The Hall–Kier alpha value is -3.33. The van der Waals surface area contributed by atoms with Crippen molar-refractivity contribution in [2.45, 2.75) is 24.9 Å². The van der Waals surface area contributed by atoms with Crippen LogP contribution in [0.1, 0.15) is 18.3 Å². The second-order valence-corrected chi connectivity index (χ2v) is 7.70. The number of carbonyl (C=O) groups excluding carboxylic acids is 2. The fourth-order valence-corrected chi connectivity index (χ4v) is 3.67. The Balaban J connectivity index is 1.54. The number of anilines is 2. The number of aromatic nitrogens is 3. The Kier molecular flexibility index (Phi) is 7.66. The van der Waals surface area contributed by atoms with Gasteiger partial charge in [-0.25, -0.2) is 0 Å². The van der Waals surface area contributed by atoms with E-state index in [-0.39, 0.29) is 24.0 Å². The van der Waals surface area contributed by atoms with E-state index < -0.39 is 0 Å². The van der Waals surface area contributed by atoms with E-state index in [2.05, 4.69) is 20.8 Å². The number of nitrogens with one attached hydrogen (secondary N) is 2. The first-order valence-corrected chi connectivity index (χ1v) is 10.8. The van der Waals surface area contributed by atoms with E-state index in [1.165, 1.54) is 11.8 Å². The predicted molar refractivity (Wildman–Crippen MR) is 122 cm³/mol. The fraction of sp³-hybridized carbons (Fsp3) is 0.273. The summed E-state index contributed by atoms with van der Waals surface area (Å²) in [4.78, 5) is 24.7. The standard InChI is InChI=1S/C22H25N5O3S/c1-4-15-8-5-6-11-18(15)24-20(28)13-19-25-26-22(27(19)2)31-14-21(29)23-16-9-7-10-17(12-16)30-3/h5-12H,4,13-14H2,1-3H3,(H,23,29)(H,24,28). The Morgan fingerprint density at radius 3 is 2.65 bits per heavy atom. The van der Waals surface area contributed by atoms with Crippen molar-refractivity contribution in [3.8, 4) is 5.75 Å². The molecule has 2 aromatic carbocycles. The van der Waals surface area contributed by atoms with Crippen molar-refractivity contribution >= 4 is 35.0 Å². The summed E-state index contributed by atoms with van der Waals surface area (Å²) >= 11 is 1.26. The number of benzene rings is 2. The van der Waals surface area contributed by atoms with Crippen LogP contribution in [-0.4, -0.2) is 39.4 Å². The SMILES string of the molecule is CCc1ccccc1NC(=O)Cc1nnc(SCC(=O)Nc2cccc(OC)c2)n1C. The molecule has 0 atom stereocenters. The molecule has 162 valence electrons. The maximum atomic E-state index is 12.5. The van der Waals surface area contributed by atoms with Gasteiger partial charge in [0.25, 0.3) is 0 Å². The Morgan fingerprint density at radius 2 is 1.87 bits per heavy atom. The number of ether oxygens (including phenoxy) is 1. The third-order valence-corrected chi connectivity index (χ3v) is 5.62. The third-order valence-electron chi connectivity index (χ3n) is 4.60. The molecule has 0 saturated carbocycles. The molecule has 0 aliphatic carbocycles. The van der Waals surface area contributed by atoms with E-state index in [0.29, 0.717) is 22.4 Å². The number of rotatable bonds is 9. The maximum absolute atomic E-state index is 12.5. The zero-order chi connectivity index (χ0) is 22.2. The van der Waals surface area contributed by atoms with E-state index in [4.69, 9.17) is 4.74 Å². The van der Waals surface area contributed by atoms with Gasteiger partial charge in [0, 0.05) is 24.5 Å². The molecule has 1 heterocycles. The van der Waals surface area contributed by atoms with Crippen molar-refractivity contribution in [3.63, 3.8) is 0 Å². The minimum atomic E-state index is -0.170. The first kappa shape index (κ1) is 22.4. The lowest BCUT2D eigenvalue weighted by atomic mass is 10.1. The molecule has 8 nitrogen and oxygen atoms in total. The van der Waals surface area contributed by atoms with Crippen LogP contribution in [0.5, 0.6) is 5.75 Å². The smallest absolute Gasteiger partial charge is 0.234 e. The van der Waals surface area contributed by atoms with Crippen LogP contribution in [0.4, 0.5) is 11.4 Å². The molecule has 0 unspecified atom stereocenters. The van der Waals surface area contributed by atoms with Gasteiger partial charge in [0.05, 0.1) is 19.3 Å². The van der Waals surface area contributed by atoms with Crippen LogP contribution >= 0.6 is 11.8 Å². The summed E-state index contributed by atoms with van der Waals surface area (Å²) in [6.07, 6.45) is 0.928. The molecule has 0 radical (unpaired) electrons. The van der Waals surface area contributed by atoms with Crippen LogP contribution in [0.25, 0.3) is 0 Å². The first-order valence-electron chi connectivity index (χ1n) is 9.83. The second-order valence-electron chi connectivity index (χ2n) is 6.76. The number of nitrogens with zero attached hydrogens (tertiary/aromatic N) is 3. The van der Waals surface area contributed by atoms with E-state index in [1.54, 1.807) is 36.9 Å². The highest BCUT2D eigenvalue weighted by atomic mass is 32.2. The number of hydrogen-bond acceptors (Lipinski definition) is 6. The molecule has 1 aromatic heterocycles. The monoisotopic (exact) mass is 439 g/mol. The highest BCUT2D eigenvalue weighted by Crippen LogP contribution is 2.20. The molecule has 0 bridgehead atoms. The molecule has 3 rings (SSSR count). The molecule has 0 aliphatic heterocycles. The van der Waals surface area contributed by atoms with Gasteiger partial charge in [-0.3, -0.25) is 9.59 Å². The van der Waals surface area contributed by atoms with E-state index in [9.17, 15) is 9.59 Å². The molecule has 0 saturated heterocycles. The number of methoxy groups -OCH3 is 1. The number of carbonyl (C=O) groups is 2. The topological polar surface area (TPSA) is 98.1 Å². The van der Waals surface area contributed by atoms with Crippen molar-refractivity contribution in [2.24, 2.45) is 7.05 Å². The molecule has 0 aliphatic rings. The Morgan fingerprint density at radius 1 is 1.06 bits per heavy atom. The normalized spacial score (nSPS) is 10.5. The quantitative estimate of drug-likeness (QED) is 0.497. The van der Waals surface area contributed by atoms with Gasteiger partial charge in [0.15, 0.2) is 5.16 Å².